The Morgan fingerprint density at radius 2 is 1.68 bits per heavy atom. The lowest BCUT2D eigenvalue weighted by Crippen LogP contribution is -2.43. The number of hydrogen-bond acceptors (Lipinski definition) is 7. The van der Waals surface area contributed by atoms with E-state index in [2.05, 4.69) is 10.0 Å². The van der Waals surface area contributed by atoms with Gasteiger partial charge in [0.2, 0.25) is 26.0 Å². The molecule has 1 fully saturated rings. The molecule has 1 heterocycles. The molecule has 1 aliphatic heterocycles. The number of benzene rings is 2. The van der Waals surface area contributed by atoms with Gasteiger partial charge in [0.15, 0.2) is 11.5 Å². The molecule has 12 heteroatoms. The third kappa shape index (κ3) is 5.35. The van der Waals surface area contributed by atoms with Crippen LogP contribution in [0, 0.1) is 12.8 Å². The Balaban J connectivity index is 1.80. The van der Waals surface area contributed by atoms with Gasteiger partial charge in [0.1, 0.15) is 0 Å². The fraction of sp³-hybridized carbons (Fsp3) is 0.409. The predicted octanol–water partition coefficient (Wildman–Crippen LogP) is 1.96. The molecule has 1 amide bonds. The van der Waals surface area contributed by atoms with Crippen molar-refractivity contribution in [2.75, 3.05) is 39.7 Å². The van der Waals surface area contributed by atoms with Gasteiger partial charge in [-0.3, -0.25) is 4.79 Å². The molecule has 0 radical (unpaired) electrons. The van der Waals surface area contributed by atoms with Crippen LogP contribution in [0.4, 0.5) is 5.69 Å². The Morgan fingerprint density at radius 3 is 2.32 bits per heavy atom. The molecule has 3 rings (SSSR count). The topological polar surface area (TPSA) is 131 Å². The Labute approximate surface area is 200 Å². The van der Waals surface area contributed by atoms with Crippen LogP contribution in [0.1, 0.15) is 18.4 Å². The van der Waals surface area contributed by atoms with Crippen molar-refractivity contribution >= 4 is 31.6 Å². The zero-order valence-electron chi connectivity index (χ0n) is 19.5. The highest BCUT2D eigenvalue weighted by Crippen LogP contribution is 2.32. The monoisotopic (exact) mass is 511 g/mol. The van der Waals surface area contributed by atoms with Crippen molar-refractivity contribution in [2.45, 2.75) is 29.6 Å². The molecular formula is C22H29N3O7S2. The summed E-state index contributed by atoms with van der Waals surface area (Å²) in [6.45, 7) is 2.05. The molecular weight excluding hydrogens is 482 g/mol. The van der Waals surface area contributed by atoms with Crippen LogP contribution in [0.25, 0.3) is 0 Å². The van der Waals surface area contributed by atoms with Crippen molar-refractivity contribution in [3.8, 4) is 11.5 Å². The average molecular weight is 512 g/mol. The lowest BCUT2D eigenvalue weighted by molar-refractivity contribution is -0.120. The van der Waals surface area contributed by atoms with Gasteiger partial charge < -0.3 is 14.8 Å². The Kier molecular flexibility index (Phi) is 7.86. The number of methoxy groups -OCH3 is 2. The number of sulfonamides is 2. The zero-order chi connectivity index (χ0) is 25.1. The number of carbonyl (C=O) groups is 1. The Morgan fingerprint density at radius 1 is 1.00 bits per heavy atom. The number of nitrogens with zero attached hydrogens (tertiary/aromatic N) is 1. The molecule has 1 unspecified atom stereocenters. The third-order valence-electron chi connectivity index (χ3n) is 5.79. The minimum atomic E-state index is -3.87. The van der Waals surface area contributed by atoms with Gasteiger partial charge in [-0.2, -0.15) is 4.31 Å². The molecule has 2 aromatic carbocycles. The molecule has 0 aliphatic carbocycles. The number of hydrogen-bond donors (Lipinski definition) is 2. The highest BCUT2D eigenvalue weighted by Gasteiger charge is 2.34. The van der Waals surface area contributed by atoms with Gasteiger partial charge in [0.05, 0.1) is 29.9 Å². The van der Waals surface area contributed by atoms with E-state index in [9.17, 15) is 21.6 Å². The molecule has 1 atom stereocenters. The number of carbonyl (C=O) groups excluding carboxylic acids is 1. The lowest BCUT2D eigenvalue weighted by Gasteiger charge is -2.31. The van der Waals surface area contributed by atoms with E-state index in [0.717, 1.165) is 0 Å². The number of nitrogens with one attached hydrogen (secondary N) is 2. The fourth-order valence-corrected chi connectivity index (χ4v) is 6.05. The maximum atomic E-state index is 13.2. The molecule has 186 valence electrons. The van der Waals surface area contributed by atoms with E-state index in [0.29, 0.717) is 35.6 Å². The zero-order valence-corrected chi connectivity index (χ0v) is 21.1. The second-order valence-electron chi connectivity index (χ2n) is 7.89. The predicted molar refractivity (Wildman–Crippen MR) is 127 cm³/mol. The van der Waals surface area contributed by atoms with Crippen LogP contribution in [0.15, 0.2) is 46.2 Å². The van der Waals surface area contributed by atoms with Gasteiger partial charge in [-0.25, -0.2) is 21.6 Å². The van der Waals surface area contributed by atoms with Crippen molar-refractivity contribution in [2.24, 2.45) is 5.92 Å². The van der Waals surface area contributed by atoms with Gasteiger partial charge in [-0.15, -0.1) is 0 Å². The minimum Gasteiger partial charge on any atom is -0.493 e. The molecule has 0 spiro atoms. The summed E-state index contributed by atoms with van der Waals surface area (Å²) in [6.07, 6.45) is 1.02. The maximum Gasteiger partial charge on any atom is 0.243 e. The molecule has 0 aromatic heterocycles. The van der Waals surface area contributed by atoms with Crippen LogP contribution >= 0.6 is 0 Å². The van der Waals surface area contributed by atoms with E-state index in [1.54, 1.807) is 13.0 Å². The van der Waals surface area contributed by atoms with E-state index in [1.165, 1.54) is 55.9 Å². The number of piperidine rings is 1. The van der Waals surface area contributed by atoms with Gasteiger partial charge in [-0.1, -0.05) is 6.07 Å². The van der Waals surface area contributed by atoms with Crippen molar-refractivity contribution in [1.29, 1.82) is 0 Å². The summed E-state index contributed by atoms with van der Waals surface area (Å²) >= 11 is 0. The quantitative estimate of drug-likeness (QED) is 0.554. The summed E-state index contributed by atoms with van der Waals surface area (Å²) in [6, 6.07) is 8.81. The summed E-state index contributed by atoms with van der Waals surface area (Å²) in [4.78, 5) is 13.1. The maximum absolute atomic E-state index is 13.2. The molecule has 2 N–H and O–H groups in total. The summed E-state index contributed by atoms with van der Waals surface area (Å²) in [5, 5.41) is 2.77. The first kappa shape index (κ1) is 25.9. The third-order valence-corrected chi connectivity index (χ3v) is 9.07. The average Bonchev–Trinajstić information content (AvgIpc) is 2.84. The van der Waals surface area contributed by atoms with Crippen LogP contribution in [0.3, 0.4) is 0 Å². The summed E-state index contributed by atoms with van der Waals surface area (Å²) < 4.78 is 64.6. The smallest absolute Gasteiger partial charge is 0.243 e. The van der Waals surface area contributed by atoms with Gasteiger partial charge >= 0.3 is 0 Å². The first-order valence-electron chi connectivity index (χ1n) is 10.6. The summed E-state index contributed by atoms with van der Waals surface area (Å²) in [7, 11) is -3.34. The van der Waals surface area contributed by atoms with Gasteiger partial charge in [0, 0.05) is 24.8 Å². The molecule has 10 nitrogen and oxygen atoms in total. The van der Waals surface area contributed by atoms with Crippen LogP contribution < -0.4 is 19.5 Å². The van der Waals surface area contributed by atoms with Crippen molar-refractivity contribution < 1.29 is 31.1 Å². The van der Waals surface area contributed by atoms with Crippen molar-refractivity contribution in [3.05, 3.63) is 42.0 Å². The second-order valence-corrected chi connectivity index (χ2v) is 11.7. The number of anilines is 1. The molecule has 34 heavy (non-hydrogen) atoms. The molecule has 0 saturated carbocycles. The molecule has 1 saturated heterocycles. The van der Waals surface area contributed by atoms with Crippen LogP contribution in [0.5, 0.6) is 11.5 Å². The minimum absolute atomic E-state index is 0.00998. The molecule has 0 bridgehead atoms. The van der Waals surface area contributed by atoms with E-state index < -0.39 is 26.0 Å². The van der Waals surface area contributed by atoms with Crippen molar-refractivity contribution in [3.63, 3.8) is 0 Å². The first-order valence-corrected chi connectivity index (χ1v) is 13.5. The van der Waals surface area contributed by atoms with E-state index in [4.69, 9.17) is 9.47 Å². The number of amides is 1. The molecule has 1 aliphatic rings. The summed E-state index contributed by atoms with van der Waals surface area (Å²) in [5.41, 5.74) is 1.05. The fourth-order valence-electron chi connectivity index (χ4n) is 3.76. The van der Waals surface area contributed by atoms with E-state index in [1.807, 2.05) is 0 Å². The lowest BCUT2D eigenvalue weighted by atomic mass is 9.98. The molecule has 2 aromatic rings. The second kappa shape index (κ2) is 10.3. The van der Waals surface area contributed by atoms with Crippen LogP contribution in [0.2, 0.25) is 0 Å². The van der Waals surface area contributed by atoms with Crippen molar-refractivity contribution in [1.82, 2.24) is 9.03 Å². The van der Waals surface area contributed by atoms with E-state index in [-0.39, 0.29) is 28.8 Å². The Hall–Kier alpha value is -2.67. The Bertz CT molecular complexity index is 1280. The number of aryl methyl sites for hydroxylation is 1. The van der Waals surface area contributed by atoms with Crippen LogP contribution in [-0.2, 0) is 24.8 Å². The highest BCUT2D eigenvalue weighted by atomic mass is 32.2. The van der Waals surface area contributed by atoms with Gasteiger partial charge in [0.25, 0.3) is 0 Å². The summed E-state index contributed by atoms with van der Waals surface area (Å²) in [5.74, 6) is -0.251. The largest absolute Gasteiger partial charge is 0.493 e. The standard InChI is InChI=1S/C22H29N3O7S2/c1-15-7-8-17(33(27,28)23-2)12-19(15)24-22(26)16-6-5-11-25(14-16)34(29,30)18-9-10-20(31-3)21(13-18)32-4/h7-10,12-13,16,23H,5-6,11,14H2,1-4H3,(H,24,26). The number of rotatable bonds is 8. The van der Waals surface area contributed by atoms with Gasteiger partial charge in [-0.05, 0) is 56.6 Å². The van der Waals surface area contributed by atoms with E-state index >= 15 is 0 Å². The van der Waals surface area contributed by atoms with Crippen LogP contribution in [-0.4, -0.2) is 61.4 Å². The normalized spacial score (nSPS) is 17.2. The SMILES string of the molecule is CNS(=O)(=O)c1ccc(C)c(NC(=O)C2CCCN(S(=O)(=O)c3ccc(OC)c(OC)c3)C2)c1. The first-order chi connectivity index (χ1) is 16.0. The highest BCUT2D eigenvalue weighted by molar-refractivity contribution is 7.89. The number of ether oxygens (including phenoxy) is 2.